The van der Waals surface area contributed by atoms with E-state index in [0.29, 0.717) is 6.54 Å². The van der Waals surface area contributed by atoms with Crippen LogP contribution >= 0.6 is 0 Å². The Balaban J connectivity index is 2.06. The first-order valence-electron chi connectivity index (χ1n) is 8.86. The summed E-state index contributed by atoms with van der Waals surface area (Å²) < 4.78 is 5.54. The summed E-state index contributed by atoms with van der Waals surface area (Å²) in [4.78, 5) is 14.7. The number of carbonyl (C=O) groups is 1. The molecule has 0 radical (unpaired) electrons. The standard InChI is InChI=1S/C22H29NO2/c1-18(21(24)25-22(2,3)4)15-23(16-19-11-7-5-8-12-19)17-20-13-9-6-10-14-20/h5-14,18H,15-17H2,1-4H3. The molecule has 2 rings (SSSR count). The van der Waals surface area contributed by atoms with Crippen LogP contribution in [0.25, 0.3) is 0 Å². The number of nitrogens with zero attached hydrogens (tertiary/aromatic N) is 1. The topological polar surface area (TPSA) is 29.5 Å². The van der Waals surface area contributed by atoms with Crippen molar-refractivity contribution < 1.29 is 9.53 Å². The second kappa shape index (κ2) is 8.82. The van der Waals surface area contributed by atoms with Crippen molar-refractivity contribution in [3.05, 3.63) is 71.8 Å². The van der Waals surface area contributed by atoms with Crippen LogP contribution in [0.5, 0.6) is 0 Å². The van der Waals surface area contributed by atoms with Gasteiger partial charge in [0.25, 0.3) is 0 Å². The van der Waals surface area contributed by atoms with Gasteiger partial charge in [-0.3, -0.25) is 9.69 Å². The van der Waals surface area contributed by atoms with Crippen LogP contribution < -0.4 is 0 Å². The monoisotopic (exact) mass is 339 g/mol. The molecule has 0 aliphatic carbocycles. The summed E-state index contributed by atoms with van der Waals surface area (Å²) in [5, 5.41) is 0. The Morgan fingerprint density at radius 2 is 1.36 bits per heavy atom. The minimum atomic E-state index is -0.449. The third-order valence-corrected chi connectivity index (χ3v) is 3.84. The Labute approximate surface area is 151 Å². The summed E-state index contributed by atoms with van der Waals surface area (Å²) in [5.74, 6) is -0.315. The molecule has 0 saturated heterocycles. The molecular formula is C22H29NO2. The zero-order valence-electron chi connectivity index (χ0n) is 15.7. The molecule has 3 heteroatoms. The molecule has 0 aliphatic rings. The highest BCUT2D eigenvalue weighted by Crippen LogP contribution is 2.16. The lowest BCUT2D eigenvalue weighted by atomic mass is 10.1. The lowest BCUT2D eigenvalue weighted by molar-refractivity contribution is -0.160. The summed E-state index contributed by atoms with van der Waals surface area (Å²) in [6.07, 6.45) is 0. The van der Waals surface area contributed by atoms with E-state index in [1.807, 2.05) is 64.1 Å². The molecule has 2 aromatic carbocycles. The van der Waals surface area contributed by atoms with Crippen molar-refractivity contribution in [1.29, 1.82) is 0 Å². The van der Waals surface area contributed by atoms with Crippen molar-refractivity contribution in [3.8, 4) is 0 Å². The van der Waals surface area contributed by atoms with Gasteiger partial charge in [0.05, 0.1) is 5.92 Å². The number of rotatable bonds is 7. The zero-order valence-corrected chi connectivity index (χ0v) is 15.7. The maximum atomic E-state index is 12.4. The fourth-order valence-electron chi connectivity index (χ4n) is 2.73. The highest BCUT2D eigenvalue weighted by atomic mass is 16.6. The van der Waals surface area contributed by atoms with E-state index in [1.54, 1.807) is 0 Å². The van der Waals surface area contributed by atoms with E-state index < -0.39 is 5.60 Å². The molecule has 0 fully saturated rings. The second-order valence-corrected chi connectivity index (χ2v) is 7.58. The molecule has 134 valence electrons. The van der Waals surface area contributed by atoms with Crippen molar-refractivity contribution in [2.24, 2.45) is 5.92 Å². The molecule has 1 atom stereocenters. The van der Waals surface area contributed by atoms with E-state index in [2.05, 4.69) is 29.2 Å². The fourth-order valence-corrected chi connectivity index (χ4v) is 2.73. The molecule has 3 nitrogen and oxygen atoms in total. The maximum Gasteiger partial charge on any atom is 0.310 e. The smallest absolute Gasteiger partial charge is 0.310 e. The highest BCUT2D eigenvalue weighted by molar-refractivity contribution is 5.72. The number of ether oxygens (including phenoxy) is 1. The largest absolute Gasteiger partial charge is 0.460 e. The first-order valence-corrected chi connectivity index (χ1v) is 8.86. The average molecular weight is 339 g/mol. The number of benzene rings is 2. The molecule has 0 N–H and O–H groups in total. The molecule has 0 saturated carbocycles. The first kappa shape index (κ1) is 19.2. The fraction of sp³-hybridized carbons (Fsp3) is 0.409. The first-order chi connectivity index (χ1) is 11.8. The number of hydrogen-bond acceptors (Lipinski definition) is 3. The third kappa shape index (κ3) is 7.10. The van der Waals surface area contributed by atoms with Crippen LogP contribution in [-0.4, -0.2) is 23.0 Å². The van der Waals surface area contributed by atoms with E-state index in [9.17, 15) is 4.79 Å². The van der Waals surface area contributed by atoms with Crippen LogP contribution in [0, 0.1) is 5.92 Å². The Kier molecular flexibility index (Phi) is 6.77. The highest BCUT2D eigenvalue weighted by Gasteiger charge is 2.23. The Hall–Kier alpha value is -2.13. The maximum absolute atomic E-state index is 12.4. The van der Waals surface area contributed by atoms with Gasteiger partial charge < -0.3 is 4.74 Å². The summed E-state index contributed by atoms with van der Waals surface area (Å²) in [6.45, 7) is 9.94. The summed E-state index contributed by atoms with van der Waals surface area (Å²) in [7, 11) is 0. The van der Waals surface area contributed by atoms with E-state index in [4.69, 9.17) is 4.74 Å². The quantitative estimate of drug-likeness (QED) is 0.687. The van der Waals surface area contributed by atoms with E-state index >= 15 is 0 Å². The third-order valence-electron chi connectivity index (χ3n) is 3.84. The van der Waals surface area contributed by atoms with Gasteiger partial charge in [0.2, 0.25) is 0 Å². The van der Waals surface area contributed by atoms with Crippen molar-refractivity contribution in [2.45, 2.75) is 46.4 Å². The summed E-state index contributed by atoms with van der Waals surface area (Å²) in [5.41, 5.74) is 2.04. The minimum Gasteiger partial charge on any atom is -0.460 e. The van der Waals surface area contributed by atoms with Crippen LogP contribution in [0.1, 0.15) is 38.8 Å². The van der Waals surface area contributed by atoms with Gasteiger partial charge in [0.15, 0.2) is 0 Å². The molecule has 25 heavy (non-hydrogen) atoms. The molecular weight excluding hydrogens is 310 g/mol. The normalized spacial score (nSPS) is 12.8. The van der Waals surface area contributed by atoms with Crippen molar-refractivity contribution in [1.82, 2.24) is 4.90 Å². The number of hydrogen-bond donors (Lipinski definition) is 0. The van der Waals surface area contributed by atoms with Crippen LogP contribution in [0.15, 0.2) is 60.7 Å². The minimum absolute atomic E-state index is 0.140. The Morgan fingerprint density at radius 1 is 0.920 bits per heavy atom. The molecule has 0 aliphatic heterocycles. The molecule has 0 bridgehead atoms. The van der Waals surface area contributed by atoms with Gasteiger partial charge >= 0.3 is 5.97 Å². The van der Waals surface area contributed by atoms with Crippen LogP contribution in [-0.2, 0) is 22.6 Å². The van der Waals surface area contributed by atoms with Gasteiger partial charge in [-0.15, -0.1) is 0 Å². The van der Waals surface area contributed by atoms with Crippen LogP contribution in [0.2, 0.25) is 0 Å². The van der Waals surface area contributed by atoms with Crippen molar-refractivity contribution in [2.75, 3.05) is 6.54 Å². The summed E-state index contributed by atoms with van der Waals surface area (Å²) >= 11 is 0. The van der Waals surface area contributed by atoms with Crippen molar-refractivity contribution >= 4 is 5.97 Å². The second-order valence-electron chi connectivity index (χ2n) is 7.58. The van der Waals surface area contributed by atoms with E-state index in [1.165, 1.54) is 11.1 Å². The van der Waals surface area contributed by atoms with Gasteiger partial charge in [-0.25, -0.2) is 0 Å². The lowest BCUT2D eigenvalue weighted by Gasteiger charge is -2.27. The van der Waals surface area contributed by atoms with Crippen LogP contribution in [0.4, 0.5) is 0 Å². The lowest BCUT2D eigenvalue weighted by Crippen LogP contribution is -2.35. The number of carbonyl (C=O) groups excluding carboxylic acids is 1. The molecule has 0 heterocycles. The van der Waals surface area contributed by atoms with E-state index in [0.717, 1.165) is 13.1 Å². The SMILES string of the molecule is CC(CN(Cc1ccccc1)Cc1ccccc1)C(=O)OC(C)(C)C. The molecule has 0 aromatic heterocycles. The predicted octanol–water partition coefficient (Wildman–Crippen LogP) is 4.67. The molecule has 0 amide bonds. The average Bonchev–Trinajstić information content (AvgIpc) is 2.55. The molecule has 0 spiro atoms. The molecule has 2 aromatic rings. The van der Waals surface area contributed by atoms with Gasteiger partial charge in [-0.1, -0.05) is 67.6 Å². The molecule has 1 unspecified atom stereocenters. The van der Waals surface area contributed by atoms with Gasteiger partial charge in [-0.2, -0.15) is 0 Å². The van der Waals surface area contributed by atoms with Crippen molar-refractivity contribution in [3.63, 3.8) is 0 Å². The Morgan fingerprint density at radius 3 is 1.76 bits per heavy atom. The van der Waals surface area contributed by atoms with Gasteiger partial charge in [0.1, 0.15) is 5.60 Å². The predicted molar refractivity (Wildman–Crippen MR) is 102 cm³/mol. The number of esters is 1. The van der Waals surface area contributed by atoms with Crippen LogP contribution in [0.3, 0.4) is 0 Å². The van der Waals surface area contributed by atoms with Gasteiger partial charge in [0, 0.05) is 19.6 Å². The Bertz CT molecular complexity index is 605. The van der Waals surface area contributed by atoms with E-state index in [-0.39, 0.29) is 11.9 Å². The summed E-state index contributed by atoms with van der Waals surface area (Å²) in [6, 6.07) is 20.7. The zero-order chi connectivity index (χ0) is 18.3. The van der Waals surface area contributed by atoms with Gasteiger partial charge in [-0.05, 0) is 31.9 Å².